The molecule has 1 fully saturated rings. The van der Waals surface area contributed by atoms with Crippen molar-refractivity contribution >= 4 is 56.9 Å². The molecule has 0 spiro atoms. The number of amides is 1. The molecule has 8 nitrogen and oxygen atoms in total. The van der Waals surface area contributed by atoms with Crippen molar-refractivity contribution in [2.45, 2.75) is 36.6 Å². The number of hydrogen-bond donors (Lipinski definition) is 1. The second kappa shape index (κ2) is 11.9. The first-order chi connectivity index (χ1) is 20.1. The van der Waals surface area contributed by atoms with Crippen LogP contribution in [0.2, 0.25) is 5.04 Å². The van der Waals surface area contributed by atoms with Crippen molar-refractivity contribution in [2.24, 2.45) is 5.92 Å². The average Bonchev–Trinajstić information content (AvgIpc) is 3.66. The van der Waals surface area contributed by atoms with Crippen LogP contribution in [0.3, 0.4) is 0 Å². The maximum Gasteiger partial charge on any atom is 0.267 e. The van der Waals surface area contributed by atoms with Crippen molar-refractivity contribution in [2.75, 3.05) is 22.3 Å². The van der Waals surface area contributed by atoms with Crippen molar-refractivity contribution in [3.05, 3.63) is 103 Å². The predicted molar refractivity (Wildman–Crippen MR) is 170 cm³/mol. The minimum atomic E-state index is -3.92. The zero-order valence-corrected chi connectivity index (χ0v) is 26.3. The van der Waals surface area contributed by atoms with Crippen LogP contribution in [0.25, 0.3) is 0 Å². The summed E-state index contributed by atoms with van der Waals surface area (Å²) in [6.45, 7) is 8.33. The Bertz CT molecular complexity index is 1590. The number of benzene rings is 2. The molecule has 2 aromatic carbocycles. The maximum atomic E-state index is 13.7. The molecule has 218 valence electrons. The molecule has 2 aromatic heterocycles. The Labute approximate surface area is 252 Å². The monoisotopic (exact) mass is 618 g/mol. The average molecular weight is 619 g/mol. The zero-order valence-electron chi connectivity index (χ0n) is 23.6. The lowest BCUT2D eigenvalue weighted by Crippen LogP contribution is -2.65. The van der Waals surface area contributed by atoms with Crippen molar-refractivity contribution in [1.29, 1.82) is 0 Å². The molecular weight excluding hydrogens is 585 g/mol. The van der Waals surface area contributed by atoms with Crippen LogP contribution in [-0.2, 0) is 14.8 Å². The summed E-state index contributed by atoms with van der Waals surface area (Å²) in [6.07, 6.45) is 5.47. The minimum Gasteiger partial charge on any atom is -0.424 e. The van der Waals surface area contributed by atoms with E-state index in [1.807, 2.05) is 60.7 Å². The molecule has 1 atom stereocenters. The highest BCUT2D eigenvalue weighted by Gasteiger charge is 2.52. The maximum absolute atomic E-state index is 13.7. The van der Waals surface area contributed by atoms with Crippen molar-refractivity contribution in [3.63, 3.8) is 0 Å². The Morgan fingerprint density at radius 2 is 1.71 bits per heavy atom. The molecule has 11 heteroatoms. The van der Waals surface area contributed by atoms with Gasteiger partial charge < -0.3 is 4.80 Å². The van der Waals surface area contributed by atoms with Crippen LogP contribution in [0.5, 0.6) is 0 Å². The molecule has 1 aliphatic rings. The predicted octanol–water partition coefficient (Wildman–Crippen LogP) is 4.19. The van der Waals surface area contributed by atoms with E-state index >= 15 is 0 Å². The van der Waals surface area contributed by atoms with E-state index in [-0.39, 0.29) is 23.3 Å². The van der Waals surface area contributed by atoms with Crippen LogP contribution in [0.4, 0.5) is 10.9 Å². The first-order valence-corrected chi connectivity index (χ1v) is 18.0. The van der Waals surface area contributed by atoms with Gasteiger partial charge in [-0.1, -0.05) is 80.6 Å². The van der Waals surface area contributed by atoms with E-state index < -0.39 is 23.4 Å². The molecule has 0 unspecified atom stereocenters. The molecule has 1 N–H and O–H groups in total. The van der Waals surface area contributed by atoms with Gasteiger partial charge >= 0.3 is 0 Å². The Morgan fingerprint density at radius 1 is 1.07 bits per heavy atom. The quantitative estimate of drug-likeness (QED) is 0.200. The zero-order chi connectivity index (χ0) is 30.0. The second-order valence-electron chi connectivity index (χ2n) is 11.0. The van der Waals surface area contributed by atoms with Gasteiger partial charge in [-0.05, 0) is 40.4 Å². The number of aromatic nitrogens is 2. The molecule has 1 saturated heterocycles. The normalized spacial score (nSPS) is 16.0. The molecule has 0 aliphatic carbocycles. The van der Waals surface area contributed by atoms with Gasteiger partial charge in [-0.3, -0.25) is 9.69 Å². The highest BCUT2D eigenvalue weighted by Crippen LogP contribution is 2.44. The van der Waals surface area contributed by atoms with Gasteiger partial charge in [0.1, 0.15) is 10.7 Å². The number of sulfonamides is 1. The van der Waals surface area contributed by atoms with Crippen LogP contribution < -0.4 is 19.6 Å². The number of nitrogens with zero attached hydrogens (tertiary/aromatic N) is 4. The molecule has 1 amide bonds. The summed E-state index contributed by atoms with van der Waals surface area (Å²) in [5.74, 6) is 0.0340. The van der Waals surface area contributed by atoms with Crippen molar-refractivity contribution in [1.82, 2.24) is 9.97 Å². The second-order valence-corrected chi connectivity index (χ2v) is 17.7. The molecule has 4 aromatic rings. The lowest BCUT2D eigenvalue weighted by molar-refractivity contribution is -0.120. The highest BCUT2D eigenvalue weighted by atomic mass is 32.2. The Hall–Kier alpha value is -3.64. The lowest BCUT2D eigenvalue weighted by Gasteiger charge is -2.42. The fourth-order valence-corrected chi connectivity index (χ4v) is 11.8. The Morgan fingerprint density at radius 3 is 2.24 bits per heavy atom. The SMILES string of the molecule is C=CCN(c1nccs1)S(=O)(=O)c1ccc(N2CC[C@H](CC(C)(C)[Si](O)(c3ccccc3)c3ccccc3)C2=O)nc1. The van der Waals surface area contributed by atoms with E-state index in [1.165, 1.54) is 34.0 Å². The van der Waals surface area contributed by atoms with Gasteiger partial charge in [0.25, 0.3) is 18.3 Å². The summed E-state index contributed by atoms with van der Waals surface area (Å²) in [7, 11) is -7.19. The van der Waals surface area contributed by atoms with Crippen LogP contribution in [0.1, 0.15) is 26.7 Å². The minimum absolute atomic E-state index is 0.00872. The molecular formula is C31H34N4O4S2Si. The van der Waals surface area contributed by atoms with E-state index in [4.69, 9.17) is 0 Å². The van der Waals surface area contributed by atoms with Crippen LogP contribution in [-0.4, -0.2) is 50.5 Å². The number of anilines is 2. The van der Waals surface area contributed by atoms with Gasteiger partial charge in [0.05, 0.1) is 6.54 Å². The molecule has 0 bridgehead atoms. The number of thiazole rings is 1. The van der Waals surface area contributed by atoms with Gasteiger partial charge in [0.15, 0.2) is 5.13 Å². The Kier molecular flexibility index (Phi) is 8.47. The summed E-state index contributed by atoms with van der Waals surface area (Å²) in [6, 6.07) is 22.6. The number of rotatable bonds is 11. The fraction of sp³-hybridized carbons (Fsp3) is 0.258. The van der Waals surface area contributed by atoms with E-state index in [1.54, 1.807) is 22.5 Å². The number of pyridine rings is 1. The van der Waals surface area contributed by atoms with E-state index in [0.717, 1.165) is 10.4 Å². The van der Waals surface area contributed by atoms with Crippen molar-refractivity contribution < 1.29 is 18.0 Å². The van der Waals surface area contributed by atoms with Crippen LogP contribution in [0.15, 0.2) is 108 Å². The van der Waals surface area contributed by atoms with Gasteiger partial charge in [-0.15, -0.1) is 17.9 Å². The summed E-state index contributed by atoms with van der Waals surface area (Å²) in [5.41, 5.74) is 0. The van der Waals surface area contributed by atoms with Gasteiger partial charge in [0.2, 0.25) is 5.91 Å². The summed E-state index contributed by atoms with van der Waals surface area (Å²) in [4.78, 5) is 36.3. The Balaban J connectivity index is 1.37. The van der Waals surface area contributed by atoms with Gasteiger partial charge in [0, 0.05) is 30.2 Å². The third kappa shape index (κ3) is 5.45. The molecule has 5 rings (SSSR count). The molecule has 0 saturated carbocycles. The number of hydrogen-bond acceptors (Lipinski definition) is 7. The lowest BCUT2D eigenvalue weighted by atomic mass is 9.95. The highest BCUT2D eigenvalue weighted by molar-refractivity contribution is 7.93. The standard InChI is InChI=1S/C31H34N4O4S2Si/c1-4-19-35(30-32-18-21-40-30)41(37,38)25-15-16-28(33-23-25)34-20-17-24(29(34)36)22-31(2,3)42(39,26-11-7-5-8-12-26)27-13-9-6-10-14-27/h4-16,18,21,23-24,39H,1,17,19-20,22H2,2-3H3/t24-/m1/s1. The molecule has 0 radical (unpaired) electrons. The summed E-state index contributed by atoms with van der Waals surface area (Å²) in [5, 5.41) is 3.30. The van der Waals surface area contributed by atoms with Gasteiger partial charge in [-0.25, -0.2) is 22.7 Å². The third-order valence-electron chi connectivity index (χ3n) is 7.95. The van der Waals surface area contributed by atoms with Crippen LogP contribution >= 0.6 is 11.3 Å². The first kappa shape index (κ1) is 29.8. The summed E-state index contributed by atoms with van der Waals surface area (Å²) >= 11 is 1.22. The van der Waals surface area contributed by atoms with E-state index in [0.29, 0.717) is 30.3 Å². The first-order valence-electron chi connectivity index (χ1n) is 13.7. The van der Waals surface area contributed by atoms with Crippen molar-refractivity contribution in [3.8, 4) is 0 Å². The largest absolute Gasteiger partial charge is 0.424 e. The molecule has 1 aliphatic heterocycles. The van der Waals surface area contributed by atoms with Gasteiger partial charge in [-0.2, -0.15) is 0 Å². The van der Waals surface area contributed by atoms with Crippen LogP contribution in [0, 0.1) is 5.92 Å². The number of carbonyl (C=O) groups excluding carboxylic acids is 1. The van der Waals surface area contributed by atoms with E-state index in [2.05, 4.69) is 30.4 Å². The number of carbonyl (C=O) groups is 1. The van der Waals surface area contributed by atoms with E-state index in [9.17, 15) is 18.0 Å². The smallest absolute Gasteiger partial charge is 0.267 e. The fourth-order valence-electron chi connectivity index (χ4n) is 5.77. The molecule has 3 heterocycles. The topological polar surface area (TPSA) is 104 Å². The third-order valence-corrected chi connectivity index (χ3v) is 15.1. The summed E-state index contributed by atoms with van der Waals surface area (Å²) < 4.78 is 27.9. The molecule has 42 heavy (non-hydrogen) atoms.